The molecule has 28 heavy (non-hydrogen) atoms. The monoisotopic (exact) mass is 388 g/mol. The topological polar surface area (TPSA) is 98.0 Å². The van der Waals surface area contributed by atoms with Crippen molar-refractivity contribution in [3.05, 3.63) is 30.2 Å². The summed E-state index contributed by atoms with van der Waals surface area (Å²) in [5.41, 5.74) is 0.788. The minimum absolute atomic E-state index is 0.00430. The summed E-state index contributed by atoms with van der Waals surface area (Å²) in [5.74, 6) is 1.59. The van der Waals surface area contributed by atoms with Gasteiger partial charge >= 0.3 is 6.09 Å². The van der Waals surface area contributed by atoms with E-state index >= 15 is 0 Å². The fourth-order valence-corrected chi connectivity index (χ4v) is 2.96. The second kappa shape index (κ2) is 9.20. The fraction of sp³-hybridized carbons (Fsp3) is 0.474. The van der Waals surface area contributed by atoms with Gasteiger partial charge in [-0.2, -0.15) is 4.98 Å². The normalized spacial score (nSPS) is 14.1. The molecule has 1 aromatic carbocycles. The number of carbonyl (C=O) groups excluding carboxylic acids is 2. The molecule has 0 spiro atoms. The molecule has 0 N–H and O–H groups in total. The van der Waals surface area contributed by atoms with Gasteiger partial charge in [-0.05, 0) is 19.1 Å². The Kier molecular flexibility index (Phi) is 6.46. The van der Waals surface area contributed by atoms with Crippen LogP contribution in [0.3, 0.4) is 0 Å². The first kappa shape index (κ1) is 19.7. The Morgan fingerprint density at radius 2 is 1.93 bits per heavy atom. The van der Waals surface area contributed by atoms with Gasteiger partial charge in [-0.15, -0.1) is 0 Å². The summed E-state index contributed by atoms with van der Waals surface area (Å²) in [6.07, 6.45) is 0.318. The van der Waals surface area contributed by atoms with Crippen molar-refractivity contribution in [2.45, 2.75) is 19.8 Å². The van der Waals surface area contributed by atoms with Crippen molar-refractivity contribution in [1.29, 1.82) is 0 Å². The number of ether oxygens (including phenoxy) is 2. The summed E-state index contributed by atoms with van der Waals surface area (Å²) in [4.78, 5) is 31.8. The van der Waals surface area contributed by atoms with Crippen LogP contribution in [0.15, 0.2) is 28.8 Å². The summed E-state index contributed by atoms with van der Waals surface area (Å²) in [6, 6.07) is 7.38. The average molecular weight is 388 g/mol. The first-order valence-electron chi connectivity index (χ1n) is 9.27. The lowest BCUT2D eigenvalue weighted by molar-refractivity contribution is -0.132. The summed E-state index contributed by atoms with van der Waals surface area (Å²) in [5, 5.41) is 3.97. The zero-order valence-electron chi connectivity index (χ0n) is 16.1. The number of carbonyl (C=O) groups is 2. The number of aromatic nitrogens is 2. The van der Waals surface area contributed by atoms with E-state index in [1.54, 1.807) is 23.8 Å². The minimum Gasteiger partial charge on any atom is -0.497 e. The maximum Gasteiger partial charge on any atom is 0.409 e. The molecule has 9 nitrogen and oxygen atoms in total. The lowest BCUT2D eigenvalue weighted by Gasteiger charge is -2.34. The van der Waals surface area contributed by atoms with Crippen molar-refractivity contribution >= 4 is 12.0 Å². The molecule has 2 aromatic rings. The summed E-state index contributed by atoms with van der Waals surface area (Å²) in [6.45, 7) is 4.07. The lowest BCUT2D eigenvalue weighted by Crippen LogP contribution is -2.50. The van der Waals surface area contributed by atoms with Crippen LogP contribution in [-0.4, -0.2) is 71.8 Å². The fourth-order valence-electron chi connectivity index (χ4n) is 2.96. The Labute approximate surface area is 163 Å². The smallest absolute Gasteiger partial charge is 0.409 e. The van der Waals surface area contributed by atoms with Crippen LogP contribution >= 0.6 is 0 Å². The highest BCUT2D eigenvalue weighted by molar-refractivity contribution is 5.77. The van der Waals surface area contributed by atoms with Gasteiger partial charge in [0.2, 0.25) is 17.6 Å². The van der Waals surface area contributed by atoms with E-state index in [1.807, 2.05) is 24.3 Å². The molecule has 0 radical (unpaired) electrons. The zero-order valence-corrected chi connectivity index (χ0v) is 16.1. The Morgan fingerprint density at radius 3 is 2.64 bits per heavy atom. The molecule has 2 heterocycles. The number of rotatable bonds is 6. The van der Waals surface area contributed by atoms with Gasteiger partial charge in [0.25, 0.3) is 0 Å². The van der Waals surface area contributed by atoms with E-state index in [1.165, 1.54) is 0 Å². The van der Waals surface area contributed by atoms with Gasteiger partial charge in [-0.1, -0.05) is 17.3 Å². The molecule has 0 atom stereocenters. The first-order valence-corrected chi connectivity index (χ1v) is 9.27. The molecule has 0 unspecified atom stereocenters. The van der Waals surface area contributed by atoms with Gasteiger partial charge < -0.3 is 23.8 Å². The van der Waals surface area contributed by atoms with Gasteiger partial charge in [0.05, 0.1) is 13.7 Å². The van der Waals surface area contributed by atoms with Crippen LogP contribution in [0, 0.1) is 0 Å². The van der Waals surface area contributed by atoms with Crippen LogP contribution in [0.4, 0.5) is 4.79 Å². The van der Waals surface area contributed by atoms with Crippen LogP contribution in [0.2, 0.25) is 0 Å². The number of piperazine rings is 1. The number of aryl methyl sites for hydroxylation is 1. The molecule has 0 bridgehead atoms. The number of benzene rings is 1. The van der Waals surface area contributed by atoms with Crippen molar-refractivity contribution < 1.29 is 23.6 Å². The zero-order chi connectivity index (χ0) is 19.9. The average Bonchev–Trinajstić information content (AvgIpc) is 3.21. The number of methoxy groups -OCH3 is 1. The molecular formula is C19H24N4O5. The second-order valence-electron chi connectivity index (χ2n) is 6.31. The molecule has 150 valence electrons. The minimum atomic E-state index is -0.328. The summed E-state index contributed by atoms with van der Waals surface area (Å²) in [7, 11) is 1.60. The molecule has 1 saturated heterocycles. The highest BCUT2D eigenvalue weighted by Gasteiger charge is 2.25. The van der Waals surface area contributed by atoms with Crippen LogP contribution in [0.25, 0.3) is 11.4 Å². The number of amides is 2. The molecule has 1 aliphatic rings. The molecule has 3 rings (SSSR count). The van der Waals surface area contributed by atoms with E-state index in [9.17, 15) is 9.59 Å². The maximum absolute atomic E-state index is 12.4. The van der Waals surface area contributed by atoms with E-state index in [0.29, 0.717) is 56.7 Å². The van der Waals surface area contributed by atoms with E-state index in [2.05, 4.69) is 10.1 Å². The van der Waals surface area contributed by atoms with Gasteiger partial charge in [0, 0.05) is 44.6 Å². The van der Waals surface area contributed by atoms with Crippen molar-refractivity contribution in [1.82, 2.24) is 19.9 Å². The summed E-state index contributed by atoms with van der Waals surface area (Å²) >= 11 is 0. The van der Waals surface area contributed by atoms with Crippen molar-refractivity contribution in [2.24, 2.45) is 0 Å². The quantitative estimate of drug-likeness (QED) is 0.746. The molecule has 0 saturated carbocycles. The van der Waals surface area contributed by atoms with E-state index < -0.39 is 0 Å². The van der Waals surface area contributed by atoms with Crippen LogP contribution in [0.5, 0.6) is 5.75 Å². The van der Waals surface area contributed by atoms with Crippen molar-refractivity contribution in [3.8, 4) is 17.1 Å². The predicted molar refractivity (Wildman–Crippen MR) is 99.8 cm³/mol. The molecular weight excluding hydrogens is 364 g/mol. The van der Waals surface area contributed by atoms with E-state index in [-0.39, 0.29) is 18.4 Å². The third-order valence-electron chi connectivity index (χ3n) is 4.51. The van der Waals surface area contributed by atoms with E-state index in [0.717, 1.165) is 5.56 Å². The van der Waals surface area contributed by atoms with Gasteiger partial charge in [0.1, 0.15) is 5.75 Å². The Balaban J connectivity index is 1.49. The SMILES string of the molecule is CCOC(=O)N1CCN(C(=O)CCc2nc(-c3cccc(OC)c3)no2)CC1. The number of nitrogens with zero attached hydrogens (tertiary/aromatic N) is 4. The van der Waals surface area contributed by atoms with Gasteiger partial charge in [-0.25, -0.2) is 4.79 Å². The molecule has 2 amide bonds. The van der Waals surface area contributed by atoms with Crippen LogP contribution in [0.1, 0.15) is 19.2 Å². The summed E-state index contributed by atoms with van der Waals surface area (Å²) < 4.78 is 15.4. The Hall–Kier alpha value is -3.10. The van der Waals surface area contributed by atoms with Gasteiger partial charge in [-0.3, -0.25) is 4.79 Å². The second-order valence-corrected chi connectivity index (χ2v) is 6.31. The van der Waals surface area contributed by atoms with Gasteiger partial charge in [0.15, 0.2) is 0 Å². The predicted octanol–water partition coefficient (Wildman–Crippen LogP) is 1.98. The molecule has 0 aliphatic carbocycles. The maximum atomic E-state index is 12.4. The highest BCUT2D eigenvalue weighted by Crippen LogP contribution is 2.21. The standard InChI is InChI=1S/C19H24N4O5/c1-3-27-19(25)23-11-9-22(10-12-23)17(24)8-7-16-20-18(21-28-16)14-5-4-6-15(13-14)26-2/h4-6,13H,3,7-12H2,1-2H3. The molecule has 1 aromatic heterocycles. The van der Waals surface area contributed by atoms with Crippen molar-refractivity contribution in [2.75, 3.05) is 39.9 Å². The van der Waals surface area contributed by atoms with Crippen LogP contribution in [-0.2, 0) is 16.0 Å². The first-order chi connectivity index (χ1) is 13.6. The molecule has 9 heteroatoms. The van der Waals surface area contributed by atoms with Crippen molar-refractivity contribution in [3.63, 3.8) is 0 Å². The number of hydrogen-bond donors (Lipinski definition) is 0. The number of hydrogen-bond acceptors (Lipinski definition) is 7. The molecule has 1 fully saturated rings. The van der Waals surface area contributed by atoms with E-state index in [4.69, 9.17) is 14.0 Å². The highest BCUT2D eigenvalue weighted by atomic mass is 16.6. The Morgan fingerprint density at radius 1 is 1.18 bits per heavy atom. The third-order valence-corrected chi connectivity index (χ3v) is 4.51. The Bertz CT molecular complexity index is 814. The third kappa shape index (κ3) is 4.79. The largest absolute Gasteiger partial charge is 0.497 e. The van der Waals surface area contributed by atoms with Crippen LogP contribution < -0.4 is 4.74 Å². The molecule has 1 aliphatic heterocycles. The lowest BCUT2D eigenvalue weighted by atomic mass is 10.2.